The van der Waals surface area contributed by atoms with Crippen LogP contribution in [-0.4, -0.2) is 17.0 Å². The zero-order valence-electron chi connectivity index (χ0n) is 13.2. The van der Waals surface area contributed by atoms with Crippen LogP contribution in [0.3, 0.4) is 0 Å². The van der Waals surface area contributed by atoms with E-state index in [2.05, 4.69) is 31.7 Å². The molecule has 0 aliphatic carbocycles. The van der Waals surface area contributed by atoms with E-state index >= 15 is 0 Å². The quantitative estimate of drug-likeness (QED) is 0.686. The first-order valence-electron chi connectivity index (χ1n) is 7.43. The maximum Gasteiger partial charge on any atom is 0.256 e. The van der Waals surface area contributed by atoms with Gasteiger partial charge in [0.15, 0.2) is 5.82 Å². The molecule has 3 rings (SSSR count). The lowest BCUT2D eigenvalue weighted by Gasteiger charge is -2.07. The van der Waals surface area contributed by atoms with Crippen LogP contribution in [0.2, 0.25) is 0 Å². The van der Waals surface area contributed by atoms with E-state index in [0.717, 1.165) is 4.47 Å². The van der Waals surface area contributed by atoms with Crippen molar-refractivity contribution in [3.63, 3.8) is 0 Å². The molecule has 0 atom stereocenters. The Hall–Kier alpha value is -2.93. The molecule has 3 aromatic rings. The van der Waals surface area contributed by atoms with Crippen molar-refractivity contribution in [3.8, 4) is 0 Å². The summed E-state index contributed by atoms with van der Waals surface area (Å²) in [5, 5.41) is 9.13. The smallest absolute Gasteiger partial charge is 0.256 e. The van der Waals surface area contributed by atoms with Crippen LogP contribution in [0.25, 0.3) is 0 Å². The summed E-state index contributed by atoms with van der Waals surface area (Å²) in [5.41, 5.74) is 1.45. The molecule has 0 fully saturated rings. The van der Waals surface area contributed by atoms with E-state index in [4.69, 9.17) is 4.52 Å². The minimum Gasteiger partial charge on any atom is -0.360 e. The molecule has 7 heteroatoms. The summed E-state index contributed by atoms with van der Waals surface area (Å²) >= 11 is 3.33. The highest BCUT2D eigenvalue weighted by Crippen LogP contribution is 2.16. The van der Waals surface area contributed by atoms with Gasteiger partial charge in [0.2, 0.25) is 0 Å². The summed E-state index contributed by atoms with van der Waals surface area (Å²) in [6.07, 6.45) is 0. The topological polar surface area (TPSA) is 84.2 Å². The van der Waals surface area contributed by atoms with Gasteiger partial charge in [0.1, 0.15) is 5.76 Å². The van der Waals surface area contributed by atoms with Crippen LogP contribution in [0.15, 0.2) is 63.6 Å². The Morgan fingerprint density at radius 1 is 0.960 bits per heavy atom. The Morgan fingerprint density at radius 3 is 2.36 bits per heavy atom. The predicted octanol–water partition coefficient (Wildman–Crippen LogP) is 4.25. The summed E-state index contributed by atoms with van der Waals surface area (Å²) in [7, 11) is 0. The molecule has 0 spiro atoms. The summed E-state index contributed by atoms with van der Waals surface area (Å²) in [6, 6.07) is 15.3. The van der Waals surface area contributed by atoms with Gasteiger partial charge in [-0.25, -0.2) is 0 Å². The van der Waals surface area contributed by atoms with Crippen molar-refractivity contribution in [2.75, 3.05) is 10.6 Å². The monoisotopic (exact) mass is 399 g/mol. The Balaban J connectivity index is 1.71. The van der Waals surface area contributed by atoms with Crippen LogP contribution in [-0.2, 0) is 0 Å². The van der Waals surface area contributed by atoms with Crippen molar-refractivity contribution in [1.29, 1.82) is 0 Å². The summed E-state index contributed by atoms with van der Waals surface area (Å²) in [6.45, 7) is 1.74. The van der Waals surface area contributed by atoms with Gasteiger partial charge in [-0.3, -0.25) is 9.59 Å². The highest BCUT2D eigenvalue weighted by Gasteiger charge is 2.11. The fourth-order valence-electron chi connectivity index (χ4n) is 2.16. The number of carbonyl (C=O) groups excluding carboxylic acids is 2. The van der Waals surface area contributed by atoms with Crippen LogP contribution in [0.4, 0.5) is 11.5 Å². The molecule has 126 valence electrons. The number of benzene rings is 2. The highest BCUT2D eigenvalue weighted by atomic mass is 79.9. The standard InChI is InChI=1S/C18H14BrN3O3/c1-11-9-16(22-25-11)21-18(24)13-3-2-4-15(10-13)20-17(23)12-5-7-14(19)8-6-12/h2-10H,1H3,(H,20,23)(H,21,22,24). The molecule has 0 saturated carbocycles. The molecule has 2 aromatic carbocycles. The Morgan fingerprint density at radius 2 is 1.68 bits per heavy atom. The van der Waals surface area contributed by atoms with E-state index in [1.807, 2.05) is 0 Å². The molecule has 1 heterocycles. The Labute approximate surface area is 152 Å². The molecule has 0 aliphatic rings. The van der Waals surface area contributed by atoms with Crippen LogP contribution in [0.1, 0.15) is 26.5 Å². The minimum absolute atomic E-state index is 0.253. The van der Waals surface area contributed by atoms with E-state index in [9.17, 15) is 9.59 Å². The minimum atomic E-state index is -0.340. The first-order chi connectivity index (χ1) is 12.0. The van der Waals surface area contributed by atoms with Crippen molar-refractivity contribution in [2.24, 2.45) is 0 Å². The number of anilines is 2. The number of carbonyl (C=O) groups is 2. The van der Waals surface area contributed by atoms with E-state index in [1.54, 1.807) is 61.5 Å². The SMILES string of the molecule is Cc1cc(NC(=O)c2cccc(NC(=O)c3ccc(Br)cc3)c2)no1. The number of aryl methyl sites for hydroxylation is 1. The van der Waals surface area contributed by atoms with E-state index in [-0.39, 0.29) is 11.8 Å². The van der Waals surface area contributed by atoms with Gasteiger partial charge in [0, 0.05) is 27.4 Å². The number of aromatic nitrogens is 1. The lowest BCUT2D eigenvalue weighted by molar-refractivity contribution is 0.101. The second kappa shape index (κ2) is 7.31. The lowest BCUT2D eigenvalue weighted by Crippen LogP contribution is -2.14. The molecule has 25 heavy (non-hydrogen) atoms. The maximum atomic E-state index is 12.3. The van der Waals surface area contributed by atoms with Gasteiger partial charge in [-0.1, -0.05) is 27.2 Å². The third-order valence-corrected chi connectivity index (χ3v) is 3.89. The largest absolute Gasteiger partial charge is 0.360 e. The van der Waals surface area contributed by atoms with Crippen LogP contribution in [0, 0.1) is 6.92 Å². The third-order valence-electron chi connectivity index (χ3n) is 3.36. The van der Waals surface area contributed by atoms with Gasteiger partial charge in [-0.15, -0.1) is 0 Å². The third kappa shape index (κ3) is 4.33. The molecule has 6 nitrogen and oxygen atoms in total. The zero-order chi connectivity index (χ0) is 17.8. The predicted molar refractivity (Wildman–Crippen MR) is 97.7 cm³/mol. The van der Waals surface area contributed by atoms with Crippen molar-refractivity contribution in [2.45, 2.75) is 6.92 Å². The first-order valence-corrected chi connectivity index (χ1v) is 8.22. The molecule has 0 radical (unpaired) electrons. The van der Waals surface area contributed by atoms with E-state index < -0.39 is 0 Å². The van der Waals surface area contributed by atoms with Gasteiger partial charge in [-0.2, -0.15) is 0 Å². The molecule has 0 aliphatic heterocycles. The molecule has 0 unspecified atom stereocenters. The highest BCUT2D eigenvalue weighted by molar-refractivity contribution is 9.10. The zero-order valence-corrected chi connectivity index (χ0v) is 14.8. The average Bonchev–Trinajstić information content (AvgIpc) is 3.00. The van der Waals surface area contributed by atoms with Crippen molar-refractivity contribution in [1.82, 2.24) is 5.16 Å². The van der Waals surface area contributed by atoms with Crippen molar-refractivity contribution < 1.29 is 14.1 Å². The normalized spacial score (nSPS) is 10.3. The number of hydrogen-bond donors (Lipinski definition) is 2. The van der Waals surface area contributed by atoms with E-state index in [0.29, 0.717) is 28.4 Å². The van der Waals surface area contributed by atoms with Crippen molar-refractivity contribution in [3.05, 3.63) is 76.0 Å². The molecular formula is C18H14BrN3O3. The number of hydrogen-bond acceptors (Lipinski definition) is 4. The number of rotatable bonds is 4. The van der Waals surface area contributed by atoms with Gasteiger partial charge in [-0.05, 0) is 49.4 Å². The number of amides is 2. The maximum absolute atomic E-state index is 12.3. The van der Waals surface area contributed by atoms with Crippen molar-refractivity contribution >= 4 is 39.2 Å². The van der Waals surface area contributed by atoms with Gasteiger partial charge in [0.25, 0.3) is 11.8 Å². The van der Waals surface area contributed by atoms with Crippen LogP contribution in [0.5, 0.6) is 0 Å². The van der Waals surface area contributed by atoms with Gasteiger partial charge in [0.05, 0.1) is 0 Å². The molecule has 0 saturated heterocycles. The van der Waals surface area contributed by atoms with Crippen LogP contribution >= 0.6 is 15.9 Å². The fourth-order valence-corrected chi connectivity index (χ4v) is 2.42. The molecule has 0 bridgehead atoms. The summed E-state index contributed by atoms with van der Waals surface area (Å²) in [5.74, 6) is 0.350. The fraction of sp³-hybridized carbons (Fsp3) is 0.0556. The van der Waals surface area contributed by atoms with E-state index in [1.165, 1.54) is 0 Å². The summed E-state index contributed by atoms with van der Waals surface area (Å²) < 4.78 is 5.80. The van der Waals surface area contributed by atoms with Gasteiger partial charge >= 0.3 is 0 Å². The number of halogens is 1. The molecule has 1 aromatic heterocycles. The lowest BCUT2D eigenvalue weighted by atomic mass is 10.1. The Kier molecular flexibility index (Phi) is 4.95. The second-order valence-electron chi connectivity index (χ2n) is 5.32. The Bertz CT molecular complexity index is 919. The number of nitrogens with zero attached hydrogens (tertiary/aromatic N) is 1. The molecule has 2 N–H and O–H groups in total. The number of nitrogens with one attached hydrogen (secondary N) is 2. The molecular weight excluding hydrogens is 386 g/mol. The average molecular weight is 400 g/mol. The van der Waals surface area contributed by atoms with Crippen LogP contribution < -0.4 is 10.6 Å². The first kappa shape index (κ1) is 16.9. The molecule has 2 amide bonds. The van der Waals surface area contributed by atoms with Gasteiger partial charge < -0.3 is 15.2 Å². The second-order valence-corrected chi connectivity index (χ2v) is 6.23. The summed E-state index contributed by atoms with van der Waals surface area (Å²) in [4.78, 5) is 24.5.